The van der Waals surface area contributed by atoms with Gasteiger partial charge in [-0.05, 0) is 12.0 Å². The molecule has 0 heterocycles. The third kappa shape index (κ3) is 10.8. The van der Waals surface area contributed by atoms with Gasteiger partial charge in [0.15, 0.2) is 0 Å². The zero-order chi connectivity index (χ0) is 14.5. The molecule has 1 aromatic rings. The Morgan fingerprint density at radius 3 is 1.76 bits per heavy atom. The molecule has 0 radical (unpaired) electrons. The number of halogens is 1. The van der Waals surface area contributed by atoms with E-state index in [1.807, 2.05) is 6.07 Å². The lowest BCUT2D eigenvalue weighted by Gasteiger charge is -2.09. The molecule has 0 spiro atoms. The van der Waals surface area contributed by atoms with E-state index in [0.29, 0.717) is 0 Å². The van der Waals surface area contributed by atoms with Crippen molar-refractivity contribution in [3.63, 3.8) is 0 Å². The Morgan fingerprint density at radius 2 is 1.24 bits per heavy atom. The smallest absolute Gasteiger partial charge is 0.0585 e. The van der Waals surface area contributed by atoms with Gasteiger partial charge < -0.3 is 6.15 Å². The molecule has 0 aliphatic carbocycles. The summed E-state index contributed by atoms with van der Waals surface area (Å²) in [5.41, 5.74) is 1.27. The van der Waals surface area contributed by atoms with Gasteiger partial charge in [-0.3, -0.25) is 0 Å². The minimum atomic E-state index is 0. The minimum absolute atomic E-state index is 0. The molecule has 0 amide bonds. The van der Waals surface area contributed by atoms with Crippen LogP contribution < -0.4 is 6.15 Å². The number of alkyl halides is 1. The standard InChI is InChI=1S/C19H31Cl.H3N/c1-2-3-4-5-6-7-8-9-10-14-17-19(20)18-15-12-11-13-16-18;/h11-13,15-16,19H,2-10,14,17H2,1H3;1H3. The fraction of sp³-hybridized carbons (Fsp3) is 0.684. The molecule has 0 saturated carbocycles. The van der Waals surface area contributed by atoms with Crippen molar-refractivity contribution in [2.24, 2.45) is 0 Å². The van der Waals surface area contributed by atoms with Gasteiger partial charge in [-0.1, -0.05) is 101 Å². The SMILES string of the molecule is CCCCCCCCCCCCC(Cl)c1ccccc1.N. The Balaban J connectivity index is 0.00000400. The van der Waals surface area contributed by atoms with Crippen molar-refractivity contribution in [1.29, 1.82) is 0 Å². The second-order valence-corrected chi connectivity index (χ2v) is 6.38. The van der Waals surface area contributed by atoms with Crippen LogP contribution in [-0.2, 0) is 0 Å². The van der Waals surface area contributed by atoms with E-state index in [0.717, 1.165) is 6.42 Å². The van der Waals surface area contributed by atoms with Gasteiger partial charge in [0.05, 0.1) is 5.38 Å². The van der Waals surface area contributed by atoms with Crippen LogP contribution in [0.2, 0.25) is 0 Å². The van der Waals surface area contributed by atoms with Gasteiger partial charge in [-0.25, -0.2) is 0 Å². The summed E-state index contributed by atoms with van der Waals surface area (Å²) in [6.07, 6.45) is 15.0. The zero-order valence-corrected chi connectivity index (χ0v) is 14.6. The summed E-state index contributed by atoms with van der Waals surface area (Å²) in [6, 6.07) is 10.5. The highest BCUT2D eigenvalue weighted by atomic mass is 35.5. The van der Waals surface area contributed by atoms with Gasteiger partial charge in [-0.15, -0.1) is 11.6 Å². The summed E-state index contributed by atoms with van der Waals surface area (Å²) in [4.78, 5) is 0. The monoisotopic (exact) mass is 311 g/mol. The maximum absolute atomic E-state index is 6.42. The van der Waals surface area contributed by atoms with Gasteiger partial charge in [0.1, 0.15) is 0 Å². The lowest BCUT2D eigenvalue weighted by atomic mass is 10.0. The highest BCUT2D eigenvalue weighted by molar-refractivity contribution is 6.20. The van der Waals surface area contributed by atoms with Crippen LogP contribution in [0.5, 0.6) is 0 Å². The van der Waals surface area contributed by atoms with Crippen LogP contribution >= 0.6 is 11.6 Å². The second-order valence-electron chi connectivity index (χ2n) is 5.85. The first kappa shape index (κ1) is 20.5. The lowest BCUT2D eigenvalue weighted by Crippen LogP contribution is -1.90. The fourth-order valence-electron chi connectivity index (χ4n) is 2.64. The Hall–Kier alpha value is -0.530. The second kappa shape index (κ2) is 14.4. The molecule has 0 fully saturated rings. The van der Waals surface area contributed by atoms with Crippen molar-refractivity contribution in [2.75, 3.05) is 0 Å². The van der Waals surface area contributed by atoms with Crippen LogP contribution in [0.4, 0.5) is 0 Å². The fourth-order valence-corrected chi connectivity index (χ4v) is 2.94. The summed E-state index contributed by atoms with van der Waals surface area (Å²) in [7, 11) is 0. The quantitative estimate of drug-likeness (QED) is 0.316. The minimum Gasteiger partial charge on any atom is -0.344 e. The lowest BCUT2D eigenvalue weighted by molar-refractivity contribution is 0.547. The van der Waals surface area contributed by atoms with E-state index in [1.165, 1.54) is 69.8 Å². The van der Waals surface area contributed by atoms with Gasteiger partial charge in [-0.2, -0.15) is 0 Å². The van der Waals surface area contributed by atoms with Gasteiger partial charge in [0.25, 0.3) is 0 Å². The van der Waals surface area contributed by atoms with E-state index in [9.17, 15) is 0 Å². The van der Waals surface area contributed by atoms with E-state index in [-0.39, 0.29) is 11.5 Å². The third-order valence-corrected chi connectivity index (χ3v) is 4.44. The molecule has 0 aliphatic heterocycles. The van der Waals surface area contributed by atoms with Crippen LogP contribution in [0.15, 0.2) is 30.3 Å². The highest BCUT2D eigenvalue weighted by Gasteiger charge is 2.06. The highest BCUT2D eigenvalue weighted by Crippen LogP contribution is 2.26. The molecule has 1 atom stereocenters. The van der Waals surface area contributed by atoms with Crippen LogP contribution in [0.3, 0.4) is 0 Å². The Bertz CT molecular complexity index is 313. The number of hydrogen-bond acceptors (Lipinski definition) is 1. The summed E-state index contributed by atoms with van der Waals surface area (Å²) in [5, 5.41) is 0.199. The summed E-state index contributed by atoms with van der Waals surface area (Å²) in [6.45, 7) is 2.28. The molecule has 0 aromatic heterocycles. The Kier molecular flexibility index (Phi) is 14.0. The molecular formula is C19H34ClN. The molecular weight excluding hydrogens is 278 g/mol. The van der Waals surface area contributed by atoms with Crippen molar-refractivity contribution in [3.05, 3.63) is 35.9 Å². The predicted octanol–water partition coefficient (Wildman–Crippen LogP) is 7.44. The van der Waals surface area contributed by atoms with Crippen molar-refractivity contribution < 1.29 is 0 Å². The average molecular weight is 312 g/mol. The predicted molar refractivity (Wildman–Crippen MR) is 96.5 cm³/mol. The summed E-state index contributed by atoms with van der Waals surface area (Å²) < 4.78 is 0. The van der Waals surface area contributed by atoms with Crippen molar-refractivity contribution in [2.45, 2.75) is 82.9 Å². The molecule has 2 heteroatoms. The number of rotatable bonds is 12. The molecule has 1 nitrogen and oxygen atoms in total. The third-order valence-electron chi connectivity index (χ3n) is 3.97. The van der Waals surface area contributed by atoms with Crippen LogP contribution in [-0.4, -0.2) is 0 Å². The van der Waals surface area contributed by atoms with E-state index in [2.05, 4.69) is 31.2 Å². The van der Waals surface area contributed by atoms with Crippen LogP contribution in [0.1, 0.15) is 88.5 Å². The van der Waals surface area contributed by atoms with Crippen LogP contribution in [0.25, 0.3) is 0 Å². The van der Waals surface area contributed by atoms with E-state index < -0.39 is 0 Å². The molecule has 1 aromatic carbocycles. The molecule has 1 unspecified atom stereocenters. The molecule has 0 saturated heterocycles. The first-order valence-electron chi connectivity index (χ1n) is 8.53. The molecule has 0 aliphatic rings. The van der Waals surface area contributed by atoms with Gasteiger partial charge in [0, 0.05) is 0 Å². The molecule has 122 valence electrons. The Morgan fingerprint density at radius 1 is 0.762 bits per heavy atom. The van der Waals surface area contributed by atoms with Gasteiger partial charge >= 0.3 is 0 Å². The molecule has 3 N–H and O–H groups in total. The zero-order valence-electron chi connectivity index (χ0n) is 13.8. The maximum atomic E-state index is 6.42. The summed E-state index contributed by atoms with van der Waals surface area (Å²) >= 11 is 6.42. The normalized spacial score (nSPS) is 11.9. The van der Waals surface area contributed by atoms with E-state index in [4.69, 9.17) is 11.6 Å². The van der Waals surface area contributed by atoms with Gasteiger partial charge in [0.2, 0.25) is 0 Å². The first-order chi connectivity index (χ1) is 9.84. The molecule has 1 rings (SSSR count). The van der Waals surface area contributed by atoms with E-state index in [1.54, 1.807) is 0 Å². The van der Waals surface area contributed by atoms with Crippen molar-refractivity contribution >= 4 is 11.6 Å². The number of unbranched alkanes of at least 4 members (excludes halogenated alkanes) is 9. The largest absolute Gasteiger partial charge is 0.344 e. The molecule has 21 heavy (non-hydrogen) atoms. The topological polar surface area (TPSA) is 35.0 Å². The van der Waals surface area contributed by atoms with Crippen molar-refractivity contribution in [3.8, 4) is 0 Å². The number of hydrogen-bond donors (Lipinski definition) is 1. The van der Waals surface area contributed by atoms with E-state index >= 15 is 0 Å². The first-order valence-corrected chi connectivity index (χ1v) is 8.97. The average Bonchev–Trinajstić information content (AvgIpc) is 2.50. The Labute approximate surface area is 137 Å². The van der Waals surface area contributed by atoms with Crippen LogP contribution in [0, 0.1) is 0 Å². The molecule has 0 bridgehead atoms. The maximum Gasteiger partial charge on any atom is 0.0585 e. The van der Waals surface area contributed by atoms with Crippen molar-refractivity contribution in [1.82, 2.24) is 6.15 Å². The number of benzene rings is 1. The summed E-state index contributed by atoms with van der Waals surface area (Å²) in [5.74, 6) is 0.